The number of ether oxygens (including phenoxy) is 2. The molecule has 1 heterocycles. The fraction of sp³-hybridized carbons (Fsp3) is 0.867. The average Bonchev–Trinajstić information content (AvgIpc) is 2.53. The molecular formula is C15H29O8PS. The van der Waals surface area contributed by atoms with Gasteiger partial charge in [0.25, 0.3) is 10.1 Å². The lowest BCUT2D eigenvalue weighted by atomic mass is 10.2. The zero-order valence-corrected chi connectivity index (χ0v) is 16.8. The molecule has 25 heavy (non-hydrogen) atoms. The molecule has 1 saturated heterocycles. The maximum Gasteiger partial charge on any atom is 0.353 e. The molecular weight excluding hydrogens is 371 g/mol. The Balaban J connectivity index is 2.72. The average molecular weight is 400 g/mol. The molecule has 0 radical (unpaired) electrons. The van der Waals surface area contributed by atoms with Crippen LogP contribution in [0.2, 0.25) is 0 Å². The fourth-order valence-electron chi connectivity index (χ4n) is 2.22. The molecule has 0 aromatic carbocycles. The van der Waals surface area contributed by atoms with Gasteiger partial charge in [-0.3, -0.25) is 8.75 Å². The van der Waals surface area contributed by atoms with E-state index < -0.39 is 23.8 Å². The maximum absolute atomic E-state index is 12.5. The van der Waals surface area contributed by atoms with Crippen molar-refractivity contribution >= 4 is 17.7 Å². The minimum Gasteiger partial charge on any atom is -0.353 e. The van der Waals surface area contributed by atoms with E-state index in [4.69, 9.17) is 22.7 Å². The summed E-state index contributed by atoms with van der Waals surface area (Å²) < 4.78 is 61.2. The molecule has 8 nitrogen and oxygen atoms in total. The van der Waals surface area contributed by atoms with Gasteiger partial charge in [-0.2, -0.15) is 8.42 Å². The van der Waals surface area contributed by atoms with Crippen LogP contribution in [0.3, 0.4) is 0 Å². The van der Waals surface area contributed by atoms with Crippen molar-refractivity contribution in [1.29, 1.82) is 0 Å². The Morgan fingerprint density at radius 3 is 2.44 bits per heavy atom. The van der Waals surface area contributed by atoms with Crippen LogP contribution in [0.1, 0.15) is 39.5 Å². The summed E-state index contributed by atoms with van der Waals surface area (Å²) in [6.45, 7) is 4.52. The lowest BCUT2D eigenvalue weighted by Crippen LogP contribution is -2.28. The Labute approximate surface area is 150 Å². The summed E-state index contributed by atoms with van der Waals surface area (Å²) in [7, 11) is -6.88. The van der Waals surface area contributed by atoms with Crippen molar-refractivity contribution in [2.75, 3.05) is 32.7 Å². The predicted molar refractivity (Wildman–Crippen MR) is 93.9 cm³/mol. The minimum atomic E-state index is -3.53. The molecule has 0 bridgehead atoms. The van der Waals surface area contributed by atoms with E-state index in [2.05, 4.69) is 0 Å². The Morgan fingerprint density at radius 2 is 1.92 bits per heavy atom. The van der Waals surface area contributed by atoms with E-state index in [0.29, 0.717) is 6.61 Å². The molecule has 0 aromatic rings. The van der Waals surface area contributed by atoms with Crippen LogP contribution >= 0.6 is 7.60 Å². The number of hydrogen-bond acceptors (Lipinski definition) is 8. The second kappa shape index (κ2) is 11.4. The van der Waals surface area contributed by atoms with Crippen LogP contribution in [-0.2, 0) is 37.4 Å². The van der Waals surface area contributed by atoms with E-state index >= 15 is 0 Å². The van der Waals surface area contributed by atoms with Gasteiger partial charge in [-0.05, 0) is 39.2 Å². The van der Waals surface area contributed by atoms with Crippen LogP contribution in [0.25, 0.3) is 0 Å². The topological polar surface area (TPSA) is 97.4 Å². The van der Waals surface area contributed by atoms with Crippen molar-refractivity contribution in [2.45, 2.75) is 51.9 Å². The third kappa shape index (κ3) is 10.5. The van der Waals surface area contributed by atoms with Crippen molar-refractivity contribution in [3.8, 4) is 0 Å². The molecule has 1 fully saturated rings. The van der Waals surface area contributed by atoms with Gasteiger partial charge in [-0.1, -0.05) is 0 Å². The van der Waals surface area contributed by atoms with Crippen molar-refractivity contribution in [3.05, 3.63) is 11.9 Å². The lowest BCUT2D eigenvalue weighted by Gasteiger charge is -2.26. The van der Waals surface area contributed by atoms with Crippen LogP contribution in [0.4, 0.5) is 0 Å². The highest BCUT2D eigenvalue weighted by atomic mass is 32.2. The SMILES string of the molecule is CCOP(=O)(/C=C/[C@@H](CCOS(C)(=O)=O)O[C@H]1CCCCO1)OCC. The van der Waals surface area contributed by atoms with E-state index in [0.717, 1.165) is 25.5 Å². The van der Waals surface area contributed by atoms with Crippen LogP contribution in [-0.4, -0.2) is 53.5 Å². The number of hydrogen-bond donors (Lipinski definition) is 0. The second-order valence-corrected chi connectivity index (χ2v) is 9.04. The van der Waals surface area contributed by atoms with Crippen molar-refractivity contribution in [2.24, 2.45) is 0 Å². The number of rotatable bonds is 12. The first-order chi connectivity index (χ1) is 11.8. The Morgan fingerprint density at radius 1 is 1.24 bits per heavy atom. The van der Waals surface area contributed by atoms with Gasteiger partial charge in [-0.15, -0.1) is 0 Å². The molecule has 10 heteroatoms. The Hall–Kier alpha value is -0.280. The quantitative estimate of drug-likeness (QED) is 0.364. The molecule has 0 amide bonds. The molecule has 1 rings (SSSR count). The highest BCUT2D eigenvalue weighted by Gasteiger charge is 2.23. The van der Waals surface area contributed by atoms with Crippen molar-refractivity contribution in [3.63, 3.8) is 0 Å². The van der Waals surface area contributed by atoms with Gasteiger partial charge in [0.2, 0.25) is 0 Å². The summed E-state index contributed by atoms with van der Waals surface area (Å²) in [4.78, 5) is 0. The summed E-state index contributed by atoms with van der Waals surface area (Å²) in [6, 6.07) is 0. The first kappa shape index (κ1) is 22.8. The first-order valence-electron chi connectivity index (χ1n) is 8.47. The molecule has 1 aliphatic rings. The van der Waals surface area contributed by atoms with Crippen LogP contribution in [0.5, 0.6) is 0 Å². The highest BCUT2D eigenvalue weighted by Crippen LogP contribution is 2.49. The van der Waals surface area contributed by atoms with Gasteiger partial charge in [0.1, 0.15) is 0 Å². The summed E-state index contributed by atoms with van der Waals surface area (Å²) >= 11 is 0. The molecule has 0 spiro atoms. The summed E-state index contributed by atoms with van der Waals surface area (Å²) in [5.41, 5.74) is 0. The lowest BCUT2D eigenvalue weighted by molar-refractivity contribution is -0.180. The molecule has 2 atom stereocenters. The maximum atomic E-state index is 12.5. The van der Waals surface area contributed by atoms with Gasteiger partial charge in [-0.25, -0.2) is 0 Å². The summed E-state index contributed by atoms with van der Waals surface area (Å²) in [6.07, 6.45) is 4.66. The monoisotopic (exact) mass is 400 g/mol. The van der Waals surface area contributed by atoms with E-state index in [-0.39, 0.29) is 32.5 Å². The summed E-state index contributed by atoms with van der Waals surface area (Å²) in [5, 5.41) is 0. The standard InChI is InChI=1S/C15H29O8PS/c1-4-20-24(16,21-5-2)13-10-14(9-12-22-25(3,17)18)23-15-8-6-7-11-19-15/h10,13-15H,4-9,11-12H2,1-3H3/b13-10+/t14-,15+/m1/s1. The van der Waals surface area contributed by atoms with E-state index in [1.165, 1.54) is 5.82 Å². The second-order valence-electron chi connectivity index (χ2n) is 5.50. The zero-order chi connectivity index (χ0) is 18.8. The van der Waals surface area contributed by atoms with E-state index in [9.17, 15) is 13.0 Å². The van der Waals surface area contributed by atoms with Crippen LogP contribution < -0.4 is 0 Å². The molecule has 148 valence electrons. The molecule has 0 unspecified atom stereocenters. The van der Waals surface area contributed by atoms with Gasteiger partial charge < -0.3 is 18.5 Å². The fourth-order valence-corrected chi connectivity index (χ4v) is 3.99. The van der Waals surface area contributed by atoms with Crippen molar-refractivity contribution < 1.29 is 35.7 Å². The third-order valence-electron chi connectivity index (χ3n) is 3.27. The Bertz CT molecular complexity index is 532. The minimum absolute atomic E-state index is 0.0475. The normalized spacial score (nSPS) is 20.8. The van der Waals surface area contributed by atoms with Gasteiger partial charge in [0.05, 0.1) is 32.2 Å². The third-order valence-corrected chi connectivity index (χ3v) is 5.63. The predicted octanol–water partition coefficient (Wildman–Crippen LogP) is 3.04. The van der Waals surface area contributed by atoms with Crippen molar-refractivity contribution in [1.82, 2.24) is 0 Å². The molecule has 0 aromatic heterocycles. The molecule has 1 aliphatic heterocycles. The molecule has 0 aliphatic carbocycles. The van der Waals surface area contributed by atoms with Gasteiger partial charge >= 0.3 is 7.60 Å². The Kier molecular flexibility index (Phi) is 10.4. The summed E-state index contributed by atoms with van der Waals surface area (Å²) in [5.74, 6) is 1.36. The van der Waals surface area contributed by atoms with Gasteiger partial charge in [0, 0.05) is 18.8 Å². The van der Waals surface area contributed by atoms with Crippen LogP contribution in [0.15, 0.2) is 11.9 Å². The van der Waals surface area contributed by atoms with Crippen LogP contribution in [0, 0.1) is 0 Å². The largest absolute Gasteiger partial charge is 0.353 e. The highest BCUT2D eigenvalue weighted by molar-refractivity contribution is 7.85. The molecule has 0 N–H and O–H groups in total. The van der Waals surface area contributed by atoms with E-state index in [1.807, 2.05) is 0 Å². The van der Waals surface area contributed by atoms with E-state index in [1.54, 1.807) is 19.9 Å². The van der Waals surface area contributed by atoms with Gasteiger partial charge in [0.15, 0.2) is 6.29 Å². The first-order valence-corrected chi connectivity index (χ1v) is 11.9. The zero-order valence-electron chi connectivity index (χ0n) is 15.1. The molecule has 0 saturated carbocycles. The smallest absolute Gasteiger partial charge is 0.353 e.